The molecule has 0 radical (unpaired) electrons. The molecule has 182 valence electrons. The van der Waals surface area contributed by atoms with Crippen molar-refractivity contribution in [1.29, 1.82) is 0 Å². The van der Waals surface area contributed by atoms with Gasteiger partial charge in [-0.05, 0) is 74.4 Å². The molecule has 4 rings (SSSR count). The van der Waals surface area contributed by atoms with E-state index < -0.39 is 21.9 Å². The number of hydrogen-bond donors (Lipinski definition) is 2. The lowest BCUT2D eigenvalue weighted by molar-refractivity contribution is -0.131. The molecule has 7 nitrogen and oxygen atoms in total. The van der Waals surface area contributed by atoms with Gasteiger partial charge < -0.3 is 10.6 Å². The molecule has 0 unspecified atom stereocenters. The van der Waals surface area contributed by atoms with Crippen LogP contribution in [0.3, 0.4) is 0 Å². The summed E-state index contributed by atoms with van der Waals surface area (Å²) < 4.78 is 40.0. The van der Waals surface area contributed by atoms with E-state index in [1.165, 1.54) is 22.0 Å². The summed E-state index contributed by atoms with van der Waals surface area (Å²) in [6.07, 6.45) is 3.59. The lowest BCUT2D eigenvalue weighted by atomic mass is 9.87. The van der Waals surface area contributed by atoms with Crippen molar-refractivity contribution in [3.05, 3.63) is 65.5 Å². The monoisotopic (exact) mass is 487 g/mol. The fraction of sp³-hybridized carbons (Fsp3) is 0.440. The number of piperidine rings is 1. The van der Waals surface area contributed by atoms with Crippen LogP contribution in [0.15, 0.2) is 53.4 Å². The van der Waals surface area contributed by atoms with Gasteiger partial charge in [-0.3, -0.25) is 9.59 Å². The fourth-order valence-electron chi connectivity index (χ4n) is 4.71. The zero-order chi connectivity index (χ0) is 24.3. The van der Waals surface area contributed by atoms with Crippen molar-refractivity contribution in [3.8, 4) is 0 Å². The maximum Gasteiger partial charge on any atom is 0.243 e. The number of nitrogens with zero attached hydrogens (tertiary/aromatic N) is 1. The average molecular weight is 488 g/mol. The van der Waals surface area contributed by atoms with Gasteiger partial charge in [-0.25, -0.2) is 12.8 Å². The van der Waals surface area contributed by atoms with Gasteiger partial charge in [-0.15, -0.1) is 0 Å². The lowest BCUT2D eigenvalue weighted by Crippen LogP contribution is -2.49. The number of carbonyl (C=O) groups excluding carboxylic acids is 2. The largest absolute Gasteiger partial charge is 0.348 e. The molecule has 2 aliphatic rings. The average Bonchev–Trinajstić information content (AvgIpc) is 2.84. The van der Waals surface area contributed by atoms with Crippen molar-refractivity contribution in [1.82, 2.24) is 14.9 Å². The molecule has 2 amide bonds. The Hall–Kier alpha value is -2.78. The number of carbonyl (C=O) groups is 2. The molecule has 0 aromatic heterocycles. The van der Waals surface area contributed by atoms with Gasteiger partial charge in [0.2, 0.25) is 21.8 Å². The number of sulfonamides is 1. The molecule has 0 spiro atoms. The Morgan fingerprint density at radius 2 is 1.71 bits per heavy atom. The highest BCUT2D eigenvalue weighted by Gasteiger charge is 2.33. The first-order chi connectivity index (χ1) is 16.3. The SMILES string of the molecule is C[C@H](NC(=O)C1CCN(S(=O)(=O)c2ccc(F)cc2)CC1)C(=O)N[C@@H]1CCCc2ccccc21. The molecule has 2 atom stereocenters. The van der Waals surface area contributed by atoms with Gasteiger partial charge in [-0.1, -0.05) is 24.3 Å². The molecular weight excluding hydrogens is 457 g/mol. The van der Waals surface area contributed by atoms with E-state index in [0.29, 0.717) is 12.8 Å². The van der Waals surface area contributed by atoms with E-state index in [1.807, 2.05) is 18.2 Å². The minimum absolute atomic E-state index is 0.0337. The predicted molar refractivity (Wildman–Crippen MR) is 126 cm³/mol. The Bertz CT molecular complexity index is 1150. The van der Waals surface area contributed by atoms with Crippen LogP contribution >= 0.6 is 0 Å². The molecular formula is C25H30FN3O4S. The number of halogens is 1. The van der Waals surface area contributed by atoms with Crippen LogP contribution in [0.2, 0.25) is 0 Å². The number of amides is 2. The van der Waals surface area contributed by atoms with Crippen LogP contribution in [0.1, 0.15) is 49.8 Å². The van der Waals surface area contributed by atoms with Crippen molar-refractivity contribution in [2.24, 2.45) is 5.92 Å². The summed E-state index contributed by atoms with van der Waals surface area (Å²) >= 11 is 0. The van der Waals surface area contributed by atoms with Crippen LogP contribution in [-0.2, 0) is 26.0 Å². The molecule has 34 heavy (non-hydrogen) atoms. The second kappa shape index (κ2) is 10.2. The summed E-state index contributed by atoms with van der Waals surface area (Å²) in [6.45, 7) is 2.05. The Balaban J connectivity index is 1.29. The summed E-state index contributed by atoms with van der Waals surface area (Å²) in [5.74, 6) is -1.34. The third-order valence-electron chi connectivity index (χ3n) is 6.71. The maximum atomic E-state index is 13.1. The Kier molecular flexibility index (Phi) is 7.33. The van der Waals surface area contributed by atoms with E-state index in [1.54, 1.807) is 6.92 Å². The summed E-state index contributed by atoms with van der Waals surface area (Å²) in [6, 6.07) is 12.1. The van der Waals surface area contributed by atoms with Gasteiger partial charge in [0.1, 0.15) is 11.9 Å². The molecule has 1 aliphatic carbocycles. The standard InChI is InChI=1S/C25H30FN3O4S/c1-17(24(30)28-23-8-4-6-18-5-2-3-7-22(18)23)27-25(31)19-13-15-29(16-14-19)34(32,33)21-11-9-20(26)10-12-21/h2-3,5,7,9-12,17,19,23H,4,6,8,13-16H2,1H3,(H,27,31)(H,28,30)/t17-,23+/m0/s1. The molecule has 9 heteroatoms. The first-order valence-corrected chi connectivity index (χ1v) is 13.1. The Morgan fingerprint density at radius 3 is 2.41 bits per heavy atom. The van der Waals surface area contributed by atoms with Gasteiger partial charge in [-0.2, -0.15) is 4.31 Å². The number of hydrogen-bond acceptors (Lipinski definition) is 4. The summed E-state index contributed by atoms with van der Waals surface area (Å²) in [5, 5.41) is 5.86. The molecule has 2 aromatic carbocycles. The minimum atomic E-state index is -3.73. The van der Waals surface area contributed by atoms with Crippen molar-refractivity contribution in [2.45, 2.75) is 56.0 Å². The highest BCUT2D eigenvalue weighted by atomic mass is 32.2. The van der Waals surface area contributed by atoms with Gasteiger partial charge in [0, 0.05) is 19.0 Å². The molecule has 2 N–H and O–H groups in total. The third kappa shape index (κ3) is 5.31. The molecule has 0 saturated carbocycles. The van der Waals surface area contributed by atoms with Crippen LogP contribution in [0.25, 0.3) is 0 Å². The zero-order valence-electron chi connectivity index (χ0n) is 19.2. The molecule has 1 aliphatic heterocycles. The van der Waals surface area contributed by atoms with Crippen LogP contribution in [0.4, 0.5) is 4.39 Å². The third-order valence-corrected chi connectivity index (χ3v) is 8.63. The molecule has 0 bridgehead atoms. The summed E-state index contributed by atoms with van der Waals surface area (Å²) in [5.41, 5.74) is 2.38. The normalized spacial score (nSPS) is 20.2. The van der Waals surface area contributed by atoms with E-state index in [2.05, 4.69) is 16.7 Å². The van der Waals surface area contributed by atoms with E-state index in [4.69, 9.17) is 0 Å². The fourth-order valence-corrected chi connectivity index (χ4v) is 6.18. The topological polar surface area (TPSA) is 95.6 Å². The lowest BCUT2D eigenvalue weighted by Gasteiger charge is -2.31. The van der Waals surface area contributed by atoms with E-state index in [-0.39, 0.29) is 41.8 Å². The van der Waals surface area contributed by atoms with Crippen molar-refractivity contribution >= 4 is 21.8 Å². The first-order valence-electron chi connectivity index (χ1n) is 11.7. The molecule has 1 saturated heterocycles. The number of rotatable bonds is 6. The van der Waals surface area contributed by atoms with Gasteiger partial charge >= 0.3 is 0 Å². The van der Waals surface area contributed by atoms with Gasteiger partial charge in [0.15, 0.2) is 0 Å². The second-order valence-corrected chi connectivity index (χ2v) is 11.0. The van der Waals surface area contributed by atoms with Crippen LogP contribution in [-0.4, -0.2) is 43.7 Å². The van der Waals surface area contributed by atoms with Crippen molar-refractivity contribution in [3.63, 3.8) is 0 Å². The number of nitrogens with one attached hydrogen (secondary N) is 2. The van der Waals surface area contributed by atoms with Gasteiger partial charge in [0.25, 0.3) is 0 Å². The van der Waals surface area contributed by atoms with Crippen LogP contribution in [0.5, 0.6) is 0 Å². The number of aryl methyl sites for hydroxylation is 1. The highest BCUT2D eigenvalue weighted by Crippen LogP contribution is 2.29. The molecule has 1 heterocycles. The van der Waals surface area contributed by atoms with Crippen molar-refractivity contribution in [2.75, 3.05) is 13.1 Å². The van der Waals surface area contributed by atoms with E-state index >= 15 is 0 Å². The van der Waals surface area contributed by atoms with Crippen molar-refractivity contribution < 1.29 is 22.4 Å². The quantitative estimate of drug-likeness (QED) is 0.655. The zero-order valence-corrected chi connectivity index (χ0v) is 20.0. The summed E-state index contributed by atoms with van der Waals surface area (Å²) in [7, 11) is -3.73. The van der Waals surface area contributed by atoms with Gasteiger partial charge in [0.05, 0.1) is 10.9 Å². The number of benzene rings is 2. The van der Waals surface area contributed by atoms with Crippen LogP contribution < -0.4 is 10.6 Å². The Labute approximate surface area is 199 Å². The minimum Gasteiger partial charge on any atom is -0.348 e. The van der Waals surface area contributed by atoms with E-state index in [0.717, 1.165) is 37.0 Å². The second-order valence-electron chi connectivity index (χ2n) is 9.01. The summed E-state index contributed by atoms with van der Waals surface area (Å²) in [4.78, 5) is 25.6. The maximum absolute atomic E-state index is 13.1. The first kappa shape index (κ1) is 24.3. The highest BCUT2D eigenvalue weighted by molar-refractivity contribution is 7.89. The molecule has 1 fully saturated rings. The van der Waals surface area contributed by atoms with Crippen LogP contribution in [0, 0.1) is 11.7 Å². The molecule has 2 aromatic rings. The smallest absolute Gasteiger partial charge is 0.243 e. The predicted octanol–water partition coefficient (Wildman–Crippen LogP) is 2.92. The van der Waals surface area contributed by atoms with E-state index in [9.17, 15) is 22.4 Å². The Morgan fingerprint density at radius 1 is 1.03 bits per heavy atom. The number of fused-ring (bicyclic) bond motifs is 1.